The van der Waals surface area contributed by atoms with E-state index in [-0.39, 0.29) is 11.8 Å². The van der Waals surface area contributed by atoms with Gasteiger partial charge in [0.05, 0.1) is 16.1 Å². The minimum Gasteiger partial charge on any atom is -0.267 e. The Labute approximate surface area is 154 Å². The lowest BCUT2D eigenvalue weighted by Crippen LogP contribution is -2.56. The highest BCUT2D eigenvalue weighted by molar-refractivity contribution is 6.33. The predicted octanol–water partition coefficient (Wildman–Crippen LogP) is 4.58. The van der Waals surface area contributed by atoms with Gasteiger partial charge in [-0.15, -0.1) is 0 Å². The van der Waals surface area contributed by atoms with Crippen LogP contribution in [0, 0.1) is 6.92 Å². The third kappa shape index (κ3) is 4.20. The number of halogens is 1. The maximum atomic E-state index is 13.1. The summed E-state index contributed by atoms with van der Waals surface area (Å²) in [6.07, 6.45) is 0. The Kier molecular flexibility index (Phi) is 5.53. The van der Waals surface area contributed by atoms with E-state index in [1.165, 1.54) is 10.0 Å². The number of carbonyl (C=O) groups excluding carboxylic acids is 2. The minimum atomic E-state index is -0.606. The molecule has 2 amide bonds. The molecule has 0 radical (unpaired) electrons. The van der Waals surface area contributed by atoms with Gasteiger partial charge in [-0.2, -0.15) is 0 Å². The molecule has 2 aromatic rings. The summed E-state index contributed by atoms with van der Waals surface area (Å²) in [6.45, 7) is 7.59. The smallest absolute Gasteiger partial charge is 0.267 e. The van der Waals surface area contributed by atoms with Gasteiger partial charge < -0.3 is 0 Å². The van der Waals surface area contributed by atoms with Crippen LogP contribution in [0.25, 0.3) is 0 Å². The molecular formula is C20H23ClN2O2. The van der Waals surface area contributed by atoms with Crippen molar-refractivity contribution in [2.24, 2.45) is 0 Å². The second kappa shape index (κ2) is 7.28. The normalized spacial score (nSPS) is 11.1. The van der Waals surface area contributed by atoms with E-state index in [0.717, 1.165) is 5.56 Å². The number of amides is 2. The Bertz CT molecular complexity index is 779. The van der Waals surface area contributed by atoms with Gasteiger partial charge in [0.1, 0.15) is 0 Å². The van der Waals surface area contributed by atoms with Crippen LogP contribution in [0.15, 0.2) is 48.5 Å². The van der Waals surface area contributed by atoms with Crippen LogP contribution in [0.2, 0.25) is 5.02 Å². The van der Waals surface area contributed by atoms with Crippen LogP contribution in [0.3, 0.4) is 0 Å². The lowest BCUT2D eigenvalue weighted by Gasteiger charge is -2.41. The Morgan fingerprint density at radius 1 is 0.920 bits per heavy atom. The zero-order chi connectivity index (χ0) is 18.8. The van der Waals surface area contributed by atoms with Gasteiger partial charge in [0.2, 0.25) is 0 Å². The maximum absolute atomic E-state index is 13.1. The fraction of sp³-hybridized carbons (Fsp3) is 0.300. The summed E-state index contributed by atoms with van der Waals surface area (Å²) >= 11 is 6.18. The van der Waals surface area contributed by atoms with Crippen molar-refractivity contribution in [1.29, 1.82) is 0 Å². The first kappa shape index (κ1) is 19.0. The molecule has 0 saturated carbocycles. The molecule has 4 nitrogen and oxygen atoms in total. The number of hydrogen-bond acceptors (Lipinski definition) is 2. The molecule has 0 aliphatic heterocycles. The highest BCUT2D eigenvalue weighted by atomic mass is 35.5. The molecule has 5 heteroatoms. The zero-order valence-electron chi connectivity index (χ0n) is 15.2. The van der Waals surface area contributed by atoms with E-state index in [1.54, 1.807) is 43.4 Å². The number of hydrogen-bond donors (Lipinski definition) is 0. The molecule has 0 aromatic heterocycles. The molecule has 0 unspecified atom stereocenters. The first-order valence-electron chi connectivity index (χ1n) is 8.06. The number of hydrazine groups is 1. The van der Waals surface area contributed by atoms with Gasteiger partial charge >= 0.3 is 0 Å². The van der Waals surface area contributed by atoms with Crippen LogP contribution in [0.4, 0.5) is 0 Å². The molecule has 2 rings (SSSR count). The molecule has 0 atom stereocenters. The first-order chi connectivity index (χ1) is 11.6. The largest absolute Gasteiger partial charge is 0.274 e. The molecule has 0 heterocycles. The van der Waals surface area contributed by atoms with Gasteiger partial charge in [0.15, 0.2) is 0 Å². The maximum Gasteiger partial charge on any atom is 0.274 e. The molecule has 0 bridgehead atoms. The highest BCUT2D eigenvalue weighted by Gasteiger charge is 2.34. The van der Waals surface area contributed by atoms with Crippen LogP contribution < -0.4 is 0 Å². The molecule has 2 aromatic carbocycles. The Morgan fingerprint density at radius 3 is 2.00 bits per heavy atom. The highest BCUT2D eigenvalue weighted by Crippen LogP contribution is 2.24. The topological polar surface area (TPSA) is 40.6 Å². The molecule has 0 spiro atoms. The predicted molar refractivity (Wildman–Crippen MR) is 101 cm³/mol. The summed E-state index contributed by atoms with van der Waals surface area (Å²) in [5.41, 5.74) is 1.35. The summed E-state index contributed by atoms with van der Waals surface area (Å²) in [5, 5.41) is 3.16. The number of benzene rings is 2. The number of rotatable bonds is 2. The van der Waals surface area contributed by atoms with Gasteiger partial charge in [0.25, 0.3) is 11.8 Å². The van der Waals surface area contributed by atoms with E-state index in [2.05, 4.69) is 0 Å². The quantitative estimate of drug-likeness (QED) is 0.737. The molecular weight excluding hydrogens is 336 g/mol. The average molecular weight is 359 g/mol. The standard InChI is InChI=1S/C20H23ClN2O2/c1-14-10-12-15(13-11-14)18(24)22(5)23(20(2,3)4)19(25)16-8-6-7-9-17(16)21/h6-13H,1-5H3. The Balaban J connectivity index is 2.40. The third-order valence-electron chi connectivity index (χ3n) is 3.82. The van der Waals surface area contributed by atoms with E-state index >= 15 is 0 Å². The SMILES string of the molecule is Cc1ccc(C(=O)N(C)N(C(=O)c2ccccc2Cl)C(C)(C)C)cc1. The average Bonchev–Trinajstić information content (AvgIpc) is 2.54. The van der Waals surface area contributed by atoms with Crippen molar-refractivity contribution in [3.63, 3.8) is 0 Å². The lowest BCUT2D eigenvalue weighted by molar-refractivity contribution is -0.0308. The molecule has 0 fully saturated rings. The van der Waals surface area contributed by atoms with Crippen LogP contribution in [-0.2, 0) is 0 Å². The number of aryl methyl sites for hydroxylation is 1. The van der Waals surface area contributed by atoms with Crippen LogP contribution in [0.5, 0.6) is 0 Å². The van der Waals surface area contributed by atoms with Crippen molar-refractivity contribution >= 4 is 23.4 Å². The molecule has 0 saturated heterocycles. The van der Waals surface area contributed by atoms with Gasteiger partial charge in [-0.05, 0) is 52.0 Å². The van der Waals surface area contributed by atoms with Crippen LogP contribution in [0.1, 0.15) is 47.1 Å². The number of nitrogens with zero attached hydrogens (tertiary/aromatic N) is 2. The summed E-state index contributed by atoms with van der Waals surface area (Å²) in [6, 6.07) is 14.1. The van der Waals surface area contributed by atoms with E-state index < -0.39 is 5.54 Å². The van der Waals surface area contributed by atoms with Crippen LogP contribution in [-0.4, -0.2) is 34.4 Å². The van der Waals surface area contributed by atoms with Crippen LogP contribution >= 0.6 is 11.6 Å². The molecule has 0 aliphatic carbocycles. The van der Waals surface area contributed by atoms with Gasteiger partial charge in [-0.25, -0.2) is 10.0 Å². The molecule has 0 aliphatic rings. The third-order valence-corrected chi connectivity index (χ3v) is 4.15. The summed E-state index contributed by atoms with van der Waals surface area (Å²) in [7, 11) is 1.60. The minimum absolute atomic E-state index is 0.254. The summed E-state index contributed by atoms with van der Waals surface area (Å²) < 4.78 is 0. The van der Waals surface area contributed by atoms with E-state index in [0.29, 0.717) is 16.1 Å². The van der Waals surface area contributed by atoms with Crippen molar-refractivity contribution in [2.45, 2.75) is 33.2 Å². The zero-order valence-corrected chi connectivity index (χ0v) is 16.0. The second-order valence-corrected chi connectivity index (χ2v) is 7.37. The fourth-order valence-electron chi connectivity index (χ4n) is 2.61. The Hall–Kier alpha value is -2.33. The van der Waals surface area contributed by atoms with Gasteiger partial charge in [-0.3, -0.25) is 9.59 Å². The lowest BCUT2D eigenvalue weighted by atomic mass is 10.1. The molecule has 25 heavy (non-hydrogen) atoms. The summed E-state index contributed by atoms with van der Waals surface area (Å²) in [5.74, 6) is -0.573. The summed E-state index contributed by atoms with van der Waals surface area (Å²) in [4.78, 5) is 26.0. The Morgan fingerprint density at radius 2 is 1.48 bits per heavy atom. The number of carbonyl (C=O) groups is 2. The fourth-order valence-corrected chi connectivity index (χ4v) is 2.83. The van der Waals surface area contributed by atoms with Crippen molar-refractivity contribution in [1.82, 2.24) is 10.0 Å². The van der Waals surface area contributed by atoms with E-state index in [9.17, 15) is 9.59 Å². The molecule has 0 N–H and O–H groups in total. The van der Waals surface area contributed by atoms with Gasteiger partial charge in [0, 0.05) is 12.6 Å². The van der Waals surface area contributed by atoms with E-state index in [4.69, 9.17) is 11.6 Å². The van der Waals surface area contributed by atoms with Gasteiger partial charge in [-0.1, -0.05) is 41.4 Å². The molecule has 132 valence electrons. The first-order valence-corrected chi connectivity index (χ1v) is 8.44. The van der Waals surface area contributed by atoms with Crippen molar-refractivity contribution in [2.75, 3.05) is 7.05 Å². The second-order valence-electron chi connectivity index (χ2n) is 6.96. The van der Waals surface area contributed by atoms with Crippen molar-refractivity contribution < 1.29 is 9.59 Å². The van der Waals surface area contributed by atoms with Crippen molar-refractivity contribution in [3.8, 4) is 0 Å². The van der Waals surface area contributed by atoms with E-state index in [1.807, 2.05) is 39.8 Å². The van der Waals surface area contributed by atoms with Crippen molar-refractivity contribution in [3.05, 3.63) is 70.2 Å². The monoisotopic (exact) mass is 358 g/mol.